The van der Waals surface area contributed by atoms with Gasteiger partial charge in [-0.25, -0.2) is 15.8 Å². The first-order chi connectivity index (χ1) is 8.85. The third-order valence-electron chi connectivity index (χ3n) is 2.93. The van der Waals surface area contributed by atoms with E-state index in [1.54, 1.807) is 7.11 Å². The number of nitrogens with one attached hydrogen (secondary N) is 2. The van der Waals surface area contributed by atoms with Gasteiger partial charge in [-0.2, -0.15) is 0 Å². The smallest absolute Gasteiger partial charge is 0.205 e. The van der Waals surface area contributed by atoms with E-state index in [0.717, 1.165) is 32.4 Å². The summed E-state index contributed by atoms with van der Waals surface area (Å²) >= 11 is 0. The summed E-state index contributed by atoms with van der Waals surface area (Å²) in [5.74, 6) is 6.98. The predicted octanol–water partition coefficient (Wildman–Crippen LogP) is 0.752. The van der Waals surface area contributed by atoms with E-state index < -0.39 is 0 Å². The van der Waals surface area contributed by atoms with Gasteiger partial charge in [0, 0.05) is 13.2 Å². The first-order valence-corrected chi connectivity index (χ1v) is 6.06. The Kier molecular flexibility index (Phi) is 4.54. The van der Waals surface area contributed by atoms with Crippen molar-refractivity contribution in [1.29, 1.82) is 0 Å². The molecule has 0 bridgehead atoms. The van der Waals surface area contributed by atoms with Crippen molar-refractivity contribution >= 4 is 11.6 Å². The summed E-state index contributed by atoms with van der Waals surface area (Å²) < 4.78 is 10.8. The van der Waals surface area contributed by atoms with E-state index in [1.165, 1.54) is 6.33 Å². The lowest BCUT2D eigenvalue weighted by molar-refractivity contribution is 0.107. The number of hydrogen-bond acceptors (Lipinski definition) is 7. The molecule has 7 heteroatoms. The van der Waals surface area contributed by atoms with Crippen LogP contribution in [0.15, 0.2) is 6.33 Å². The molecule has 0 amide bonds. The molecule has 1 aliphatic heterocycles. The molecule has 7 nitrogen and oxygen atoms in total. The number of aromatic nitrogens is 2. The van der Waals surface area contributed by atoms with Crippen LogP contribution >= 0.6 is 0 Å². The van der Waals surface area contributed by atoms with Gasteiger partial charge in [-0.1, -0.05) is 0 Å². The molecular formula is C11H19N5O2. The fourth-order valence-electron chi connectivity index (χ4n) is 2.02. The molecule has 1 saturated heterocycles. The number of hydrogen-bond donors (Lipinski definition) is 3. The van der Waals surface area contributed by atoms with Crippen molar-refractivity contribution in [3.8, 4) is 5.75 Å². The quantitative estimate of drug-likeness (QED) is 0.508. The molecule has 0 saturated carbocycles. The molecule has 1 atom stereocenters. The maximum absolute atomic E-state index is 5.56. The number of rotatable bonds is 6. The average molecular weight is 253 g/mol. The zero-order valence-corrected chi connectivity index (χ0v) is 10.5. The minimum atomic E-state index is 0.359. The molecule has 0 spiro atoms. The Morgan fingerprint density at radius 2 is 2.33 bits per heavy atom. The van der Waals surface area contributed by atoms with Gasteiger partial charge in [0.2, 0.25) is 5.75 Å². The number of nitrogens with two attached hydrogens (primary N) is 1. The van der Waals surface area contributed by atoms with Gasteiger partial charge in [-0.3, -0.25) is 0 Å². The van der Waals surface area contributed by atoms with Crippen LogP contribution in [-0.2, 0) is 4.74 Å². The van der Waals surface area contributed by atoms with Gasteiger partial charge < -0.3 is 20.2 Å². The fourth-order valence-corrected chi connectivity index (χ4v) is 2.02. The van der Waals surface area contributed by atoms with E-state index in [2.05, 4.69) is 20.7 Å². The highest BCUT2D eigenvalue weighted by Gasteiger charge is 2.16. The average Bonchev–Trinajstić information content (AvgIpc) is 2.91. The van der Waals surface area contributed by atoms with Gasteiger partial charge in [0.1, 0.15) is 6.33 Å². The molecule has 2 heterocycles. The second-order valence-electron chi connectivity index (χ2n) is 4.10. The normalized spacial score (nSPS) is 18.7. The van der Waals surface area contributed by atoms with Crippen molar-refractivity contribution in [2.75, 3.05) is 31.0 Å². The maximum atomic E-state index is 5.56. The van der Waals surface area contributed by atoms with E-state index >= 15 is 0 Å². The van der Waals surface area contributed by atoms with E-state index in [4.69, 9.17) is 15.3 Å². The van der Waals surface area contributed by atoms with Gasteiger partial charge in [-0.15, -0.1) is 0 Å². The predicted molar refractivity (Wildman–Crippen MR) is 68.5 cm³/mol. The summed E-state index contributed by atoms with van der Waals surface area (Å²) in [4.78, 5) is 8.12. The molecule has 1 aromatic heterocycles. The second-order valence-corrected chi connectivity index (χ2v) is 4.10. The van der Waals surface area contributed by atoms with Crippen molar-refractivity contribution in [3.63, 3.8) is 0 Å². The highest BCUT2D eigenvalue weighted by molar-refractivity contribution is 5.62. The van der Waals surface area contributed by atoms with Crippen LogP contribution in [0.5, 0.6) is 5.75 Å². The molecule has 0 aromatic carbocycles. The van der Waals surface area contributed by atoms with Gasteiger partial charge in [0.25, 0.3) is 0 Å². The summed E-state index contributed by atoms with van der Waals surface area (Å²) in [5, 5.41) is 3.21. The molecule has 18 heavy (non-hydrogen) atoms. The molecule has 1 unspecified atom stereocenters. The lowest BCUT2D eigenvalue weighted by Gasteiger charge is -2.14. The third kappa shape index (κ3) is 2.99. The molecule has 2 rings (SSSR count). The van der Waals surface area contributed by atoms with Crippen molar-refractivity contribution in [2.45, 2.75) is 25.4 Å². The zero-order valence-electron chi connectivity index (χ0n) is 10.5. The van der Waals surface area contributed by atoms with Gasteiger partial charge >= 0.3 is 0 Å². The van der Waals surface area contributed by atoms with E-state index in [1.807, 2.05) is 0 Å². The highest BCUT2D eigenvalue weighted by atomic mass is 16.5. The Morgan fingerprint density at radius 3 is 3.00 bits per heavy atom. The summed E-state index contributed by atoms with van der Waals surface area (Å²) in [5.41, 5.74) is 2.48. The second kappa shape index (κ2) is 6.36. The lowest BCUT2D eigenvalue weighted by atomic mass is 10.2. The molecule has 0 radical (unpaired) electrons. The Morgan fingerprint density at radius 1 is 1.50 bits per heavy atom. The summed E-state index contributed by atoms with van der Waals surface area (Å²) in [6.45, 7) is 1.66. The molecule has 4 N–H and O–H groups in total. The summed E-state index contributed by atoms with van der Waals surface area (Å²) in [6, 6.07) is 0. The Hall–Kier alpha value is -1.60. The monoisotopic (exact) mass is 253 g/mol. The van der Waals surface area contributed by atoms with Gasteiger partial charge in [-0.05, 0) is 19.3 Å². The van der Waals surface area contributed by atoms with Crippen LogP contribution in [0.4, 0.5) is 11.6 Å². The lowest BCUT2D eigenvalue weighted by Crippen LogP contribution is -2.15. The zero-order chi connectivity index (χ0) is 12.8. The number of anilines is 2. The van der Waals surface area contributed by atoms with Gasteiger partial charge in [0.05, 0.1) is 13.2 Å². The van der Waals surface area contributed by atoms with Crippen LogP contribution < -0.4 is 21.3 Å². The van der Waals surface area contributed by atoms with Crippen molar-refractivity contribution in [1.82, 2.24) is 9.97 Å². The first kappa shape index (κ1) is 12.8. The van der Waals surface area contributed by atoms with Crippen molar-refractivity contribution < 1.29 is 9.47 Å². The van der Waals surface area contributed by atoms with Crippen molar-refractivity contribution in [2.24, 2.45) is 5.84 Å². The van der Waals surface area contributed by atoms with Crippen molar-refractivity contribution in [3.05, 3.63) is 6.33 Å². The minimum absolute atomic E-state index is 0.359. The number of hydrazine groups is 1. The summed E-state index contributed by atoms with van der Waals surface area (Å²) in [6.07, 6.45) is 5.04. The van der Waals surface area contributed by atoms with Crippen LogP contribution in [0.25, 0.3) is 0 Å². The molecule has 1 aromatic rings. The number of ether oxygens (including phenoxy) is 2. The van der Waals surface area contributed by atoms with E-state index in [0.29, 0.717) is 23.5 Å². The van der Waals surface area contributed by atoms with Gasteiger partial charge in [0.15, 0.2) is 11.6 Å². The number of nitrogen functional groups attached to an aromatic ring is 1. The Labute approximate surface area is 106 Å². The SMILES string of the molecule is COc1c(NN)ncnc1NCCC1CCCO1. The highest BCUT2D eigenvalue weighted by Crippen LogP contribution is 2.28. The fraction of sp³-hybridized carbons (Fsp3) is 0.636. The largest absolute Gasteiger partial charge is 0.490 e. The Balaban J connectivity index is 1.91. The molecule has 1 aliphatic rings. The van der Waals surface area contributed by atoms with Crippen LogP contribution in [-0.4, -0.2) is 36.3 Å². The minimum Gasteiger partial charge on any atom is -0.490 e. The Bertz CT molecular complexity index is 382. The van der Waals surface area contributed by atoms with E-state index in [-0.39, 0.29) is 0 Å². The molecule has 100 valence electrons. The summed E-state index contributed by atoms with van der Waals surface area (Å²) in [7, 11) is 1.56. The standard InChI is InChI=1S/C11H19N5O2/c1-17-9-10(14-7-15-11(9)16-12)13-5-4-8-3-2-6-18-8/h7-8H,2-6,12H2,1H3,(H2,13,14,15,16). The molecule has 0 aliphatic carbocycles. The first-order valence-electron chi connectivity index (χ1n) is 6.06. The van der Waals surface area contributed by atoms with Crippen LogP contribution in [0.2, 0.25) is 0 Å². The van der Waals surface area contributed by atoms with Crippen LogP contribution in [0, 0.1) is 0 Å². The molecule has 1 fully saturated rings. The number of methoxy groups -OCH3 is 1. The van der Waals surface area contributed by atoms with Crippen LogP contribution in [0.3, 0.4) is 0 Å². The molecular weight excluding hydrogens is 234 g/mol. The topological polar surface area (TPSA) is 94.3 Å². The maximum Gasteiger partial charge on any atom is 0.205 e. The van der Waals surface area contributed by atoms with Crippen LogP contribution in [0.1, 0.15) is 19.3 Å². The van der Waals surface area contributed by atoms with E-state index in [9.17, 15) is 0 Å². The third-order valence-corrected chi connectivity index (χ3v) is 2.93. The number of nitrogens with zero attached hydrogens (tertiary/aromatic N) is 2.